The van der Waals surface area contributed by atoms with Gasteiger partial charge in [0.25, 0.3) is 0 Å². The number of benzene rings is 3. The Bertz CT molecular complexity index is 1360. The van der Waals surface area contributed by atoms with E-state index in [1.54, 1.807) is 10.9 Å². The van der Waals surface area contributed by atoms with Gasteiger partial charge in [-0.2, -0.15) is 14.9 Å². The van der Waals surface area contributed by atoms with Gasteiger partial charge in [0, 0.05) is 26.8 Å². The summed E-state index contributed by atoms with van der Waals surface area (Å²) < 4.78 is 4.35. The van der Waals surface area contributed by atoms with Gasteiger partial charge >= 0.3 is 0 Å². The van der Waals surface area contributed by atoms with Gasteiger partial charge in [0.05, 0.1) is 12.8 Å². The molecule has 0 fully saturated rings. The number of nitrogens with zero attached hydrogens (tertiary/aromatic N) is 4. The summed E-state index contributed by atoms with van der Waals surface area (Å²) in [7, 11) is 0. The Morgan fingerprint density at radius 2 is 1.55 bits per heavy atom. The number of halogens is 1. The Labute approximate surface area is 176 Å². The summed E-state index contributed by atoms with van der Waals surface area (Å²) in [4.78, 5) is 0. The fraction of sp³-hybridized carbons (Fsp3) is 0.0455. The predicted octanol–water partition coefficient (Wildman–Crippen LogP) is 5.63. The molecule has 0 radical (unpaired) electrons. The number of nitrogens with one attached hydrogen (secondary N) is 1. The maximum atomic E-state index is 5.95. The summed E-state index contributed by atoms with van der Waals surface area (Å²) in [5, 5.41) is 14.9. The van der Waals surface area contributed by atoms with Gasteiger partial charge in [-0.1, -0.05) is 60.1 Å². The van der Waals surface area contributed by atoms with E-state index in [4.69, 9.17) is 23.8 Å². The number of fused-ring (bicyclic) bond motifs is 3. The van der Waals surface area contributed by atoms with Gasteiger partial charge in [-0.25, -0.2) is 0 Å². The van der Waals surface area contributed by atoms with Crippen LogP contribution in [0.2, 0.25) is 5.02 Å². The highest BCUT2D eigenvalue weighted by atomic mass is 35.5. The van der Waals surface area contributed by atoms with E-state index in [-0.39, 0.29) is 0 Å². The molecule has 0 amide bonds. The molecule has 0 aliphatic rings. The lowest BCUT2D eigenvalue weighted by molar-refractivity contribution is 0.716. The van der Waals surface area contributed by atoms with Crippen molar-refractivity contribution in [3.05, 3.63) is 94.0 Å². The van der Waals surface area contributed by atoms with E-state index in [1.807, 2.05) is 36.4 Å². The Hall–Kier alpha value is -3.22. The quantitative estimate of drug-likeness (QED) is 0.304. The molecule has 0 aliphatic carbocycles. The molecule has 0 unspecified atom stereocenters. The van der Waals surface area contributed by atoms with Gasteiger partial charge in [0.1, 0.15) is 0 Å². The number of hydrogen-bond acceptors (Lipinski definition) is 3. The van der Waals surface area contributed by atoms with Gasteiger partial charge in [-0.05, 0) is 42.0 Å². The standard InChI is InChI=1S/C22H16ClN5S/c23-16-11-9-15(10-12-16)13-24-28-21(25-26-22(28)29)14-27-19-7-3-1-5-17(19)18-6-2-4-8-20(18)27/h1-13H,14H2,(H,26,29)/b24-13+. The SMILES string of the molecule is S=c1[nH]nc(Cn2c3ccccc3c3ccccc32)n1/N=C/c1ccc(Cl)cc1. The molecule has 0 saturated carbocycles. The lowest BCUT2D eigenvalue weighted by Gasteiger charge is -2.07. The second-order valence-corrected chi connectivity index (χ2v) is 7.50. The lowest BCUT2D eigenvalue weighted by Crippen LogP contribution is -2.06. The van der Waals surface area contributed by atoms with E-state index >= 15 is 0 Å². The molecule has 0 saturated heterocycles. The van der Waals surface area contributed by atoms with Crippen molar-refractivity contribution >= 4 is 51.8 Å². The summed E-state index contributed by atoms with van der Waals surface area (Å²) in [5.41, 5.74) is 3.23. The molecule has 142 valence electrons. The fourth-order valence-corrected chi connectivity index (χ4v) is 3.86. The van der Waals surface area contributed by atoms with Crippen molar-refractivity contribution in [2.75, 3.05) is 0 Å². The van der Waals surface area contributed by atoms with Crippen molar-refractivity contribution < 1.29 is 0 Å². The van der Waals surface area contributed by atoms with Crippen molar-refractivity contribution in [2.24, 2.45) is 5.10 Å². The fourth-order valence-electron chi connectivity index (χ4n) is 3.53. The average Bonchev–Trinajstić information content (AvgIpc) is 3.26. The van der Waals surface area contributed by atoms with E-state index in [0.29, 0.717) is 16.3 Å². The normalized spacial score (nSPS) is 11.8. The first-order valence-corrected chi connectivity index (χ1v) is 9.91. The first-order chi connectivity index (χ1) is 14.2. The molecule has 5 aromatic rings. The van der Waals surface area contributed by atoms with E-state index < -0.39 is 0 Å². The topological polar surface area (TPSA) is 50.9 Å². The zero-order valence-electron chi connectivity index (χ0n) is 15.3. The van der Waals surface area contributed by atoms with Crippen LogP contribution >= 0.6 is 23.8 Å². The van der Waals surface area contributed by atoms with Crippen molar-refractivity contribution in [2.45, 2.75) is 6.54 Å². The molecule has 0 atom stereocenters. The molecule has 0 aliphatic heterocycles. The Kier molecular flexibility index (Phi) is 4.50. The highest BCUT2D eigenvalue weighted by Crippen LogP contribution is 2.29. The van der Waals surface area contributed by atoms with Crippen LogP contribution < -0.4 is 0 Å². The van der Waals surface area contributed by atoms with Crippen LogP contribution in [0.3, 0.4) is 0 Å². The van der Waals surface area contributed by atoms with Crippen LogP contribution in [0.25, 0.3) is 21.8 Å². The molecule has 5 rings (SSSR count). The van der Waals surface area contributed by atoms with Gasteiger partial charge in [-0.15, -0.1) is 0 Å². The summed E-state index contributed by atoms with van der Waals surface area (Å²) in [5.74, 6) is 0.728. The summed E-state index contributed by atoms with van der Waals surface area (Å²) in [6.45, 7) is 0.541. The van der Waals surface area contributed by atoms with E-state index in [0.717, 1.165) is 22.4 Å². The molecule has 2 heterocycles. The van der Waals surface area contributed by atoms with E-state index in [9.17, 15) is 0 Å². The van der Waals surface area contributed by atoms with Crippen molar-refractivity contribution in [1.29, 1.82) is 0 Å². The first-order valence-electron chi connectivity index (χ1n) is 9.13. The van der Waals surface area contributed by atoms with Crippen LogP contribution in [0.4, 0.5) is 0 Å². The molecular weight excluding hydrogens is 402 g/mol. The maximum Gasteiger partial charge on any atom is 0.216 e. The third kappa shape index (κ3) is 3.26. The van der Waals surface area contributed by atoms with Crippen LogP contribution in [0.15, 0.2) is 77.9 Å². The summed E-state index contributed by atoms with van der Waals surface area (Å²) in [6, 6.07) is 24.2. The van der Waals surface area contributed by atoms with Crippen LogP contribution in [0.1, 0.15) is 11.4 Å². The molecule has 0 bridgehead atoms. The number of rotatable bonds is 4. The molecule has 0 spiro atoms. The van der Waals surface area contributed by atoms with E-state index in [2.05, 4.69) is 56.3 Å². The van der Waals surface area contributed by atoms with Gasteiger partial charge in [-0.3, -0.25) is 5.10 Å². The molecule has 7 heteroatoms. The minimum atomic E-state index is 0.450. The van der Waals surface area contributed by atoms with Gasteiger partial charge in [0.2, 0.25) is 4.77 Å². The Balaban J connectivity index is 1.58. The monoisotopic (exact) mass is 417 g/mol. The predicted molar refractivity (Wildman–Crippen MR) is 120 cm³/mol. The first kappa shape index (κ1) is 17.8. The minimum absolute atomic E-state index is 0.450. The number of H-pyrrole nitrogens is 1. The largest absolute Gasteiger partial charge is 0.333 e. The minimum Gasteiger partial charge on any atom is -0.333 e. The van der Waals surface area contributed by atoms with E-state index in [1.165, 1.54) is 10.8 Å². The average molecular weight is 418 g/mol. The Morgan fingerprint density at radius 3 is 2.21 bits per heavy atom. The highest BCUT2D eigenvalue weighted by Gasteiger charge is 2.13. The summed E-state index contributed by atoms with van der Waals surface area (Å²) in [6.07, 6.45) is 1.75. The molecule has 2 aromatic heterocycles. The molecule has 3 aromatic carbocycles. The molecule has 5 nitrogen and oxygen atoms in total. The lowest BCUT2D eigenvalue weighted by atomic mass is 10.2. The zero-order chi connectivity index (χ0) is 19.8. The number of hydrogen-bond donors (Lipinski definition) is 1. The van der Waals surface area contributed by atoms with Gasteiger partial charge < -0.3 is 4.57 Å². The maximum absolute atomic E-state index is 5.95. The second kappa shape index (κ2) is 7.31. The number of aromatic nitrogens is 4. The van der Waals surface area contributed by atoms with Crippen LogP contribution in [0.5, 0.6) is 0 Å². The third-order valence-corrected chi connectivity index (χ3v) is 5.41. The van der Waals surface area contributed by atoms with Crippen molar-refractivity contribution in [1.82, 2.24) is 19.4 Å². The molecular formula is C22H16ClN5S. The van der Waals surface area contributed by atoms with Crippen molar-refractivity contribution in [3.63, 3.8) is 0 Å². The van der Waals surface area contributed by atoms with Crippen LogP contribution in [0, 0.1) is 4.77 Å². The molecule has 1 N–H and O–H groups in total. The van der Waals surface area contributed by atoms with Crippen LogP contribution in [-0.4, -0.2) is 25.7 Å². The third-order valence-electron chi connectivity index (χ3n) is 4.89. The molecule has 29 heavy (non-hydrogen) atoms. The number of para-hydroxylation sites is 2. The van der Waals surface area contributed by atoms with Crippen molar-refractivity contribution in [3.8, 4) is 0 Å². The Morgan fingerprint density at radius 1 is 0.931 bits per heavy atom. The second-order valence-electron chi connectivity index (χ2n) is 6.67. The van der Waals surface area contributed by atoms with Crippen LogP contribution in [-0.2, 0) is 6.54 Å². The summed E-state index contributed by atoms with van der Waals surface area (Å²) >= 11 is 11.3. The highest BCUT2D eigenvalue weighted by molar-refractivity contribution is 7.71. The zero-order valence-corrected chi connectivity index (χ0v) is 16.9. The van der Waals surface area contributed by atoms with Gasteiger partial charge in [0.15, 0.2) is 5.82 Å². The smallest absolute Gasteiger partial charge is 0.216 e. The number of aromatic amines is 1.